The molecule has 5 rings (SSSR count). The van der Waals surface area contributed by atoms with Crippen LogP contribution in [-0.2, 0) is 10.0 Å². The first-order chi connectivity index (χ1) is 17.8. The Morgan fingerprint density at radius 2 is 1.89 bits per heavy atom. The van der Waals surface area contributed by atoms with Crippen LogP contribution in [0.4, 0.5) is 11.4 Å². The average molecular weight is 535 g/mol. The smallest absolute Gasteiger partial charge is 0.229 e. The zero-order valence-electron chi connectivity index (χ0n) is 20.5. The molecule has 1 fully saturated rings. The molecular formula is C26H26N6O3S2. The molecule has 1 aromatic carbocycles. The number of rotatable bonds is 7. The minimum Gasteiger partial charge on any atom is -0.495 e. The number of hydrogen-bond donors (Lipinski definition) is 2. The quantitative estimate of drug-likeness (QED) is 0.341. The minimum atomic E-state index is -3.54. The Bertz CT molecular complexity index is 1540. The number of aryl methyl sites for hydroxylation is 1. The molecule has 0 spiro atoms. The normalized spacial score (nSPS) is 17.5. The van der Waals surface area contributed by atoms with E-state index < -0.39 is 10.0 Å². The lowest BCUT2D eigenvalue weighted by molar-refractivity contribution is 0.417. The summed E-state index contributed by atoms with van der Waals surface area (Å²) in [4.78, 5) is 10.9. The molecular weight excluding hydrogens is 508 g/mol. The lowest BCUT2D eigenvalue weighted by Crippen LogP contribution is -2.30. The van der Waals surface area contributed by atoms with Crippen molar-refractivity contribution < 1.29 is 13.2 Å². The number of hydrogen-bond acceptors (Lipinski definition) is 6. The van der Waals surface area contributed by atoms with Crippen molar-refractivity contribution in [1.29, 1.82) is 0 Å². The summed E-state index contributed by atoms with van der Waals surface area (Å²) in [6.07, 6.45) is 6.42. The second kappa shape index (κ2) is 9.83. The van der Waals surface area contributed by atoms with Crippen LogP contribution in [0.25, 0.3) is 5.69 Å². The summed E-state index contributed by atoms with van der Waals surface area (Å²) in [7, 11) is -2.05. The van der Waals surface area contributed by atoms with Gasteiger partial charge in [-0.15, -0.1) is 0 Å². The van der Waals surface area contributed by atoms with E-state index in [1.165, 1.54) is 7.11 Å². The van der Waals surface area contributed by atoms with E-state index in [2.05, 4.69) is 36.7 Å². The Balaban J connectivity index is 1.69. The van der Waals surface area contributed by atoms with Crippen LogP contribution in [-0.4, -0.2) is 41.4 Å². The summed E-state index contributed by atoms with van der Waals surface area (Å²) >= 11 is 5.85. The predicted octanol–water partition coefficient (Wildman–Crippen LogP) is 4.13. The predicted molar refractivity (Wildman–Crippen MR) is 148 cm³/mol. The van der Waals surface area contributed by atoms with Gasteiger partial charge in [0, 0.05) is 29.5 Å². The van der Waals surface area contributed by atoms with Gasteiger partial charge in [-0.3, -0.25) is 14.7 Å². The van der Waals surface area contributed by atoms with Crippen LogP contribution < -0.4 is 19.7 Å². The monoisotopic (exact) mass is 534 g/mol. The van der Waals surface area contributed by atoms with Crippen molar-refractivity contribution in [3.8, 4) is 11.4 Å². The molecule has 9 nitrogen and oxygen atoms in total. The molecule has 4 heterocycles. The maximum absolute atomic E-state index is 12.1. The van der Waals surface area contributed by atoms with Crippen LogP contribution in [0.5, 0.6) is 5.75 Å². The molecule has 1 aliphatic heterocycles. The van der Waals surface area contributed by atoms with E-state index in [9.17, 15) is 8.42 Å². The molecule has 0 amide bonds. The zero-order chi connectivity index (χ0) is 26.2. The van der Waals surface area contributed by atoms with Crippen molar-refractivity contribution in [3.63, 3.8) is 0 Å². The van der Waals surface area contributed by atoms with Gasteiger partial charge in [0.05, 0.1) is 42.7 Å². The molecule has 0 radical (unpaired) electrons. The number of nitrogens with one attached hydrogen (secondary N) is 2. The number of thiocarbonyl (C=S) groups is 1. The molecule has 1 aliphatic rings. The summed E-state index contributed by atoms with van der Waals surface area (Å²) in [6, 6.07) is 18.5. The third kappa shape index (κ3) is 4.87. The van der Waals surface area contributed by atoms with Gasteiger partial charge >= 0.3 is 0 Å². The lowest BCUT2D eigenvalue weighted by Gasteiger charge is -2.29. The van der Waals surface area contributed by atoms with Gasteiger partial charge in [-0.2, -0.15) is 0 Å². The molecule has 11 heteroatoms. The van der Waals surface area contributed by atoms with Crippen molar-refractivity contribution in [1.82, 2.24) is 19.9 Å². The highest BCUT2D eigenvalue weighted by atomic mass is 32.2. The van der Waals surface area contributed by atoms with Crippen molar-refractivity contribution in [2.45, 2.75) is 19.0 Å². The second-order valence-electron chi connectivity index (χ2n) is 8.70. The second-order valence-corrected chi connectivity index (χ2v) is 10.8. The van der Waals surface area contributed by atoms with Crippen molar-refractivity contribution >= 4 is 38.7 Å². The molecule has 190 valence electrons. The van der Waals surface area contributed by atoms with Crippen LogP contribution in [0, 0.1) is 6.92 Å². The van der Waals surface area contributed by atoms with E-state index in [0.29, 0.717) is 22.2 Å². The first kappa shape index (κ1) is 24.7. The van der Waals surface area contributed by atoms with Crippen molar-refractivity contribution in [2.24, 2.45) is 0 Å². The maximum atomic E-state index is 12.1. The van der Waals surface area contributed by atoms with Crippen molar-refractivity contribution in [2.75, 3.05) is 23.0 Å². The molecule has 37 heavy (non-hydrogen) atoms. The third-order valence-electron chi connectivity index (χ3n) is 6.17. The highest BCUT2D eigenvalue weighted by molar-refractivity contribution is 7.92. The van der Waals surface area contributed by atoms with Gasteiger partial charge in [-0.1, -0.05) is 6.07 Å². The molecule has 3 aromatic heterocycles. The Kier molecular flexibility index (Phi) is 6.57. The molecule has 2 atom stereocenters. The fourth-order valence-corrected chi connectivity index (χ4v) is 5.59. The summed E-state index contributed by atoms with van der Waals surface area (Å²) in [5, 5.41) is 3.94. The number of methoxy groups -OCH3 is 1. The summed E-state index contributed by atoms with van der Waals surface area (Å²) in [5.74, 6) is 0.402. The fourth-order valence-electron chi connectivity index (χ4n) is 4.69. The molecule has 4 aromatic rings. The average Bonchev–Trinajstić information content (AvgIpc) is 3.43. The number of aromatic nitrogens is 3. The van der Waals surface area contributed by atoms with E-state index >= 15 is 0 Å². The van der Waals surface area contributed by atoms with Gasteiger partial charge in [-0.05, 0) is 73.7 Å². The third-order valence-corrected chi connectivity index (χ3v) is 7.07. The Morgan fingerprint density at radius 3 is 2.57 bits per heavy atom. The van der Waals surface area contributed by atoms with E-state index in [1.807, 2.05) is 54.4 Å². The number of nitrogens with zero attached hydrogens (tertiary/aromatic N) is 4. The Labute approximate surface area is 221 Å². The summed E-state index contributed by atoms with van der Waals surface area (Å²) in [5.41, 5.74) is 4.79. The van der Waals surface area contributed by atoms with Crippen LogP contribution in [0.1, 0.15) is 29.2 Å². The number of sulfonamides is 1. The van der Waals surface area contributed by atoms with Gasteiger partial charge in [0.15, 0.2) is 5.11 Å². The summed E-state index contributed by atoms with van der Waals surface area (Å²) in [6.45, 7) is 2.04. The lowest BCUT2D eigenvalue weighted by atomic mass is 10.0. The fraction of sp³-hybridized carbons (Fsp3) is 0.192. The van der Waals surface area contributed by atoms with Crippen LogP contribution in [0.3, 0.4) is 0 Å². The van der Waals surface area contributed by atoms with E-state index in [4.69, 9.17) is 17.0 Å². The van der Waals surface area contributed by atoms with E-state index in [-0.39, 0.29) is 12.1 Å². The SMILES string of the molecule is COc1ccc(N2C(=S)N[C@H](c3ccccn3)[C@H]2c2ccc(C)n2-c2cccnc2)cc1NS(C)(=O)=O. The van der Waals surface area contributed by atoms with Crippen molar-refractivity contribution in [3.05, 3.63) is 96.3 Å². The standard InChI is InChI=1S/C26H26N6O3S2/c1-17-9-11-22(31(17)19-7-6-13-27-16-19)25-24(20-8-4-5-14-28-20)29-26(36)32(25)18-10-12-23(35-2)21(15-18)30-37(3,33)34/h4-16,24-25,30H,1-3H3,(H,29,36)/t24-,25-/m1/s1. The number of benzene rings is 1. The molecule has 0 aliphatic carbocycles. The van der Waals surface area contributed by atoms with Gasteiger partial charge in [0.25, 0.3) is 0 Å². The summed E-state index contributed by atoms with van der Waals surface area (Å²) < 4.78 is 34.2. The highest BCUT2D eigenvalue weighted by Gasteiger charge is 2.42. The molecule has 0 bridgehead atoms. The molecule has 1 saturated heterocycles. The van der Waals surface area contributed by atoms with Gasteiger partial charge < -0.3 is 19.5 Å². The van der Waals surface area contributed by atoms with Crippen LogP contribution in [0.15, 0.2) is 79.3 Å². The zero-order valence-corrected chi connectivity index (χ0v) is 22.1. The Hall–Kier alpha value is -3.96. The number of ether oxygens (including phenoxy) is 1. The number of pyridine rings is 2. The topological polar surface area (TPSA) is 101 Å². The van der Waals surface area contributed by atoms with E-state index in [0.717, 1.165) is 29.0 Å². The molecule has 0 unspecified atom stereocenters. The molecule has 2 N–H and O–H groups in total. The van der Waals surface area contributed by atoms with Gasteiger partial charge in [0.1, 0.15) is 11.8 Å². The van der Waals surface area contributed by atoms with Crippen LogP contribution >= 0.6 is 12.2 Å². The maximum Gasteiger partial charge on any atom is 0.229 e. The molecule has 0 saturated carbocycles. The van der Waals surface area contributed by atoms with Gasteiger partial charge in [0.2, 0.25) is 10.0 Å². The number of anilines is 2. The minimum absolute atomic E-state index is 0.271. The largest absolute Gasteiger partial charge is 0.495 e. The first-order valence-corrected chi connectivity index (χ1v) is 13.8. The first-order valence-electron chi connectivity index (χ1n) is 11.5. The Morgan fingerprint density at radius 1 is 1.05 bits per heavy atom. The van der Waals surface area contributed by atoms with E-state index in [1.54, 1.807) is 24.5 Å². The van der Waals surface area contributed by atoms with Gasteiger partial charge in [-0.25, -0.2) is 8.42 Å². The highest BCUT2D eigenvalue weighted by Crippen LogP contribution is 2.44. The van der Waals surface area contributed by atoms with Crippen LogP contribution in [0.2, 0.25) is 0 Å².